The Kier molecular flexibility index (Phi) is 4.48. The molecule has 1 aliphatic rings. The van der Waals surface area contributed by atoms with E-state index in [4.69, 9.17) is 4.43 Å². The first kappa shape index (κ1) is 18.7. The van der Waals surface area contributed by atoms with Gasteiger partial charge in [-0.15, -0.1) is 0 Å². The number of hydrogen-bond donors (Lipinski definition) is 0. The van der Waals surface area contributed by atoms with Crippen LogP contribution in [0.3, 0.4) is 0 Å². The molecule has 0 spiro atoms. The fourth-order valence-electron chi connectivity index (χ4n) is 3.26. The molecule has 2 aromatic carbocycles. The van der Waals surface area contributed by atoms with Crippen LogP contribution < -0.4 is 0 Å². The van der Waals surface area contributed by atoms with E-state index in [9.17, 15) is 18.0 Å². The summed E-state index contributed by atoms with van der Waals surface area (Å²) in [5, 5.41) is 0. The van der Waals surface area contributed by atoms with E-state index in [2.05, 4.69) is 0 Å². The van der Waals surface area contributed by atoms with Crippen LogP contribution in [-0.4, -0.2) is 25.3 Å². The molecule has 3 nitrogen and oxygen atoms in total. The number of rotatable bonds is 4. The molecule has 138 valence electrons. The normalized spacial score (nSPS) is 20.4. The van der Waals surface area contributed by atoms with Crippen molar-refractivity contribution in [2.24, 2.45) is 0 Å². The fraction of sp³-hybridized carbons (Fsp3) is 0.316. The van der Waals surface area contributed by atoms with Crippen LogP contribution in [0.1, 0.15) is 21.5 Å². The molecule has 0 fully saturated rings. The third-order valence-corrected chi connectivity index (χ3v) is 5.08. The van der Waals surface area contributed by atoms with Gasteiger partial charge < -0.3 is 4.43 Å². The minimum absolute atomic E-state index is 0.0407. The Balaban J connectivity index is 2.21. The minimum Gasteiger partial charge on any atom is -0.385 e. The molecule has 0 aliphatic carbocycles. The van der Waals surface area contributed by atoms with E-state index in [1.165, 1.54) is 18.2 Å². The molecule has 26 heavy (non-hydrogen) atoms. The Morgan fingerprint density at radius 2 is 1.58 bits per heavy atom. The molecule has 0 N–H and O–H groups in total. The van der Waals surface area contributed by atoms with Crippen LogP contribution in [0.15, 0.2) is 54.6 Å². The number of carbonyl (C=O) groups is 1. The van der Waals surface area contributed by atoms with E-state index >= 15 is 0 Å². The maximum atomic E-state index is 14.5. The molecule has 0 bridgehead atoms. The molecule has 3 rings (SSSR count). The molecule has 0 radical (unpaired) electrons. The van der Waals surface area contributed by atoms with Gasteiger partial charge >= 0.3 is 6.18 Å². The average Bonchev–Trinajstić information content (AvgIpc) is 2.78. The molecular weight excluding hydrogens is 359 g/mol. The number of carbonyl (C=O) groups excluding carboxylic acids is 1. The summed E-state index contributed by atoms with van der Waals surface area (Å²) in [6.07, 6.45) is -4.77. The zero-order valence-corrected chi connectivity index (χ0v) is 15.8. The number of halogens is 3. The van der Waals surface area contributed by atoms with Crippen molar-refractivity contribution in [2.45, 2.75) is 38.1 Å². The van der Waals surface area contributed by atoms with E-state index < -0.39 is 26.1 Å². The molecule has 1 unspecified atom stereocenters. The largest absolute Gasteiger partial charge is 0.440 e. The molecule has 7 heteroatoms. The summed E-state index contributed by atoms with van der Waals surface area (Å²) < 4.78 is 49.1. The van der Waals surface area contributed by atoms with Gasteiger partial charge in [0.1, 0.15) is 0 Å². The highest BCUT2D eigenvalue weighted by Crippen LogP contribution is 2.52. The predicted octanol–water partition coefficient (Wildman–Crippen LogP) is 4.91. The smallest absolute Gasteiger partial charge is 0.385 e. The highest BCUT2D eigenvalue weighted by atomic mass is 28.4. The van der Waals surface area contributed by atoms with Crippen LogP contribution in [-0.2, 0) is 16.7 Å². The summed E-state index contributed by atoms with van der Waals surface area (Å²) in [5.74, 6) is -0.667. The molecule has 0 saturated heterocycles. The zero-order valence-electron chi connectivity index (χ0n) is 14.8. The Morgan fingerprint density at radius 3 is 2.15 bits per heavy atom. The summed E-state index contributed by atoms with van der Waals surface area (Å²) >= 11 is 0. The van der Waals surface area contributed by atoms with Gasteiger partial charge in [-0.05, 0) is 31.3 Å². The maximum absolute atomic E-state index is 14.5. The Morgan fingerprint density at radius 1 is 1.00 bits per heavy atom. The average molecular weight is 379 g/mol. The molecule has 2 aromatic rings. The van der Waals surface area contributed by atoms with E-state index in [0.717, 1.165) is 4.90 Å². The number of alkyl halides is 3. The van der Waals surface area contributed by atoms with E-state index in [0.29, 0.717) is 5.56 Å². The van der Waals surface area contributed by atoms with Crippen molar-refractivity contribution in [3.63, 3.8) is 0 Å². The number of benzene rings is 2. The number of amides is 1. The first-order valence-electron chi connectivity index (χ1n) is 8.28. The number of nitrogens with zero attached hydrogens (tertiary/aromatic N) is 1. The zero-order chi connectivity index (χ0) is 19.2. The van der Waals surface area contributed by atoms with Crippen molar-refractivity contribution in [1.82, 2.24) is 4.90 Å². The molecule has 1 amide bonds. The maximum Gasteiger partial charge on any atom is 0.440 e. The van der Waals surface area contributed by atoms with Crippen LogP contribution in [0.5, 0.6) is 0 Å². The van der Waals surface area contributed by atoms with Gasteiger partial charge in [0.05, 0.1) is 0 Å². The van der Waals surface area contributed by atoms with Gasteiger partial charge in [0.2, 0.25) is 0 Å². The second-order valence-corrected chi connectivity index (χ2v) is 11.7. The molecular formula is C19H20F3NO2Si. The second-order valence-electron chi connectivity index (χ2n) is 7.28. The Bertz CT molecular complexity index is 818. The van der Waals surface area contributed by atoms with Gasteiger partial charge in [0.25, 0.3) is 11.6 Å². The highest BCUT2D eigenvalue weighted by molar-refractivity contribution is 6.69. The Labute approximate surface area is 151 Å². The van der Waals surface area contributed by atoms with Crippen LogP contribution in [0.4, 0.5) is 13.2 Å². The lowest BCUT2D eigenvalue weighted by atomic mass is 10.0. The highest BCUT2D eigenvalue weighted by Gasteiger charge is 2.68. The van der Waals surface area contributed by atoms with Crippen molar-refractivity contribution in [1.29, 1.82) is 0 Å². The lowest BCUT2D eigenvalue weighted by Gasteiger charge is -2.43. The topological polar surface area (TPSA) is 29.5 Å². The lowest BCUT2D eigenvalue weighted by molar-refractivity contribution is -0.302. The minimum atomic E-state index is -4.77. The first-order valence-corrected chi connectivity index (χ1v) is 11.7. The van der Waals surface area contributed by atoms with E-state index in [1.807, 2.05) is 0 Å². The summed E-state index contributed by atoms with van der Waals surface area (Å²) in [6.45, 7) is 4.88. The molecule has 1 heterocycles. The SMILES string of the molecule is C[Si](C)(C)OC1(C(F)(F)F)c2ccccc2C(=O)N1Cc1ccccc1. The third kappa shape index (κ3) is 3.05. The van der Waals surface area contributed by atoms with Crippen molar-refractivity contribution in [3.8, 4) is 0 Å². The van der Waals surface area contributed by atoms with Crippen LogP contribution in [0.25, 0.3) is 0 Å². The van der Waals surface area contributed by atoms with Crippen LogP contribution >= 0.6 is 0 Å². The number of hydrogen-bond acceptors (Lipinski definition) is 2. The standard InChI is InChI=1S/C19H20F3NO2Si/c1-26(2,3)25-18(19(20,21)22)16-12-8-7-11-15(16)17(24)23(18)13-14-9-5-4-6-10-14/h4-12H,13H2,1-3H3. The van der Waals surface area contributed by atoms with Gasteiger partial charge in [-0.1, -0.05) is 48.5 Å². The summed E-state index contributed by atoms with van der Waals surface area (Å²) in [5.41, 5.74) is -2.24. The van der Waals surface area contributed by atoms with E-state index in [1.54, 1.807) is 56.0 Å². The third-order valence-electron chi connectivity index (χ3n) is 4.17. The van der Waals surface area contributed by atoms with E-state index in [-0.39, 0.29) is 17.7 Å². The van der Waals surface area contributed by atoms with Crippen LogP contribution in [0, 0.1) is 0 Å². The molecule has 0 aromatic heterocycles. The van der Waals surface area contributed by atoms with Gasteiger partial charge in [-0.2, -0.15) is 13.2 Å². The van der Waals surface area contributed by atoms with Crippen molar-refractivity contribution < 1.29 is 22.4 Å². The van der Waals surface area contributed by atoms with Gasteiger partial charge in [-0.3, -0.25) is 9.69 Å². The van der Waals surface area contributed by atoms with Crippen molar-refractivity contribution >= 4 is 14.2 Å². The molecule has 0 saturated carbocycles. The molecule has 1 aliphatic heterocycles. The van der Waals surface area contributed by atoms with Crippen molar-refractivity contribution in [3.05, 3.63) is 71.3 Å². The number of fused-ring (bicyclic) bond motifs is 1. The summed E-state index contributed by atoms with van der Waals surface area (Å²) in [6, 6.07) is 14.5. The fourth-order valence-corrected chi connectivity index (χ4v) is 4.49. The van der Waals surface area contributed by atoms with Crippen LogP contribution in [0.2, 0.25) is 19.6 Å². The second kappa shape index (κ2) is 6.24. The van der Waals surface area contributed by atoms with Crippen molar-refractivity contribution in [2.75, 3.05) is 0 Å². The van der Waals surface area contributed by atoms with Gasteiger partial charge in [0, 0.05) is 17.7 Å². The molecule has 1 atom stereocenters. The van der Waals surface area contributed by atoms with Gasteiger partial charge in [-0.25, -0.2) is 0 Å². The summed E-state index contributed by atoms with van der Waals surface area (Å²) in [7, 11) is -2.68. The first-order chi connectivity index (χ1) is 12.1. The monoisotopic (exact) mass is 379 g/mol. The summed E-state index contributed by atoms with van der Waals surface area (Å²) in [4.78, 5) is 13.7. The van der Waals surface area contributed by atoms with Gasteiger partial charge in [0.15, 0.2) is 8.32 Å². The Hall–Kier alpha value is -2.12. The lowest BCUT2D eigenvalue weighted by Crippen LogP contribution is -2.59. The quantitative estimate of drug-likeness (QED) is 0.707. The predicted molar refractivity (Wildman–Crippen MR) is 94.9 cm³/mol.